The Kier molecular flexibility index (Phi) is 4.08. The third-order valence-corrected chi connectivity index (χ3v) is 4.68. The van der Waals surface area contributed by atoms with Crippen LogP contribution in [0.25, 0.3) is 0 Å². The molecule has 3 N–H and O–H groups in total. The first-order chi connectivity index (χ1) is 9.64. The fourth-order valence-electron chi connectivity index (χ4n) is 3.00. The summed E-state index contributed by atoms with van der Waals surface area (Å²) in [4.78, 5) is 36.0. The van der Waals surface area contributed by atoms with E-state index in [2.05, 4.69) is 5.32 Å². The number of carbonyl (C=O) groups is 3. The second-order valence-electron chi connectivity index (χ2n) is 6.63. The highest BCUT2D eigenvalue weighted by atomic mass is 16.4. The summed E-state index contributed by atoms with van der Waals surface area (Å²) in [5.74, 6) is -1.99. The quantitative estimate of drug-likeness (QED) is 0.619. The summed E-state index contributed by atoms with van der Waals surface area (Å²) >= 11 is 0. The number of imide groups is 1. The van der Waals surface area contributed by atoms with Gasteiger partial charge in [-0.05, 0) is 39.5 Å². The molecule has 2 aliphatic rings. The number of aliphatic hydroxyl groups is 1. The molecular weight excluding hydrogens is 276 g/mol. The van der Waals surface area contributed by atoms with Gasteiger partial charge in [0.15, 0.2) is 0 Å². The van der Waals surface area contributed by atoms with Crippen molar-refractivity contribution >= 4 is 17.8 Å². The molecule has 0 aromatic rings. The fourth-order valence-corrected chi connectivity index (χ4v) is 3.00. The first kappa shape index (κ1) is 15.9. The van der Waals surface area contributed by atoms with Crippen LogP contribution in [0.15, 0.2) is 0 Å². The number of aliphatic carboxylic acids is 1. The molecule has 0 unspecified atom stereocenters. The number of rotatable bonds is 3. The molecule has 2 amide bonds. The van der Waals surface area contributed by atoms with Crippen LogP contribution >= 0.6 is 0 Å². The second-order valence-corrected chi connectivity index (χ2v) is 6.63. The number of nitrogens with one attached hydrogen (secondary N) is 1. The van der Waals surface area contributed by atoms with Crippen LogP contribution in [0.4, 0.5) is 0 Å². The molecule has 0 spiro atoms. The molecule has 0 bridgehead atoms. The lowest BCUT2D eigenvalue weighted by Crippen LogP contribution is -2.66. The fraction of sp³-hybridized carbons (Fsp3) is 0.786. The van der Waals surface area contributed by atoms with Gasteiger partial charge < -0.3 is 10.2 Å². The maximum absolute atomic E-state index is 11.9. The molecule has 7 nitrogen and oxygen atoms in total. The summed E-state index contributed by atoms with van der Waals surface area (Å²) in [6, 6.07) is 0. The lowest BCUT2D eigenvalue weighted by Gasteiger charge is -2.45. The molecule has 21 heavy (non-hydrogen) atoms. The molecule has 0 radical (unpaired) electrons. The summed E-state index contributed by atoms with van der Waals surface area (Å²) < 4.78 is 0. The van der Waals surface area contributed by atoms with Gasteiger partial charge in [0.2, 0.25) is 11.8 Å². The zero-order valence-electron chi connectivity index (χ0n) is 12.4. The van der Waals surface area contributed by atoms with Gasteiger partial charge in [-0.1, -0.05) is 0 Å². The van der Waals surface area contributed by atoms with Crippen molar-refractivity contribution in [1.29, 1.82) is 0 Å². The summed E-state index contributed by atoms with van der Waals surface area (Å²) in [6.07, 6.45) is 1.57. The predicted molar refractivity (Wildman–Crippen MR) is 73.3 cm³/mol. The monoisotopic (exact) mass is 298 g/mol. The lowest BCUT2D eigenvalue weighted by molar-refractivity contribution is -0.150. The summed E-state index contributed by atoms with van der Waals surface area (Å²) in [7, 11) is 0. The summed E-state index contributed by atoms with van der Waals surface area (Å²) in [6.45, 7) is 3.68. The zero-order valence-corrected chi connectivity index (χ0v) is 12.4. The Bertz CT molecular complexity index is 466. The van der Waals surface area contributed by atoms with Crippen molar-refractivity contribution in [3.63, 3.8) is 0 Å². The molecule has 0 atom stereocenters. The molecule has 7 heteroatoms. The van der Waals surface area contributed by atoms with E-state index in [9.17, 15) is 19.5 Å². The minimum Gasteiger partial charge on any atom is -0.481 e. The van der Waals surface area contributed by atoms with Gasteiger partial charge in [-0.3, -0.25) is 24.6 Å². The van der Waals surface area contributed by atoms with Crippen LogP contribution in [0.3, 0.4) is 0 Å². The van der Waals surface area contributed by atoms with E-state index in [0.717, 1.165) is 0 Å². The number of carboxylic acid groups (broad SMARTS) is 1. The van der Waals surface area contributed by atoms with E-state index in [1.165, 1.54) is 0 Å². The van der Waals surface area contributed by atoms with Crippen molar-refractivity contribution in [2.75, 3.05) is 13.1 Å². The summed E-state index contributed by atoms with van der Waals surface area (Å²) in [5.41, 5.74) is -1.91. The Morgan fingerprint density at radius 3 is 2.43 bits per heavy atom. The van der Waals surface area contributed by atoms with Gasteiger partial charge >= 0.3 is 5.97 Å². The standard InChI is InChI=1S/C14H22N2O5/c1-13(2)12(20)15-10(17)7-16(13)8-14(21)5-3-9(4-6-14)11(18)19/h9,21H,3-8H2,1-2H3,(H,18,19)(H,15,17,20). The van der Waals surface area contributed by atoms with Crippen LogP contribution in [0, 0.1) is 5.92 Å². The highest BCUT2D eigenvalue weighted by molar-refractivity contribution is 6.02. The molecule has 1 aliphatic heterocycles. The van der Waals surface area contributed by atoms with Crippen molar-refractivity contribution in [2.24, 2.45) is 5.92 Å². The SMILES string of the molecule is CC1(C)C(=O)NC(=O)CN1CC1(O)CCC(C(=O)O)CC1. The van der Waals surface area contributed by atoms with Crippen molar-refractivity contribution in [3.8, 4) is 0 Å². The largest absolute Gasteiger partial charge is 0.481 e. The smallest absolute Gasteiger partial charge is 0.306 e. The number of β-amino-alcohol motifs (C(OH)–C–C–N with tert-alkyl or cyclic N) is 1. The number of hydrogen-bond acceptors (Lipinski definition) is 5. The zero-order chi connectivity index (χ0) is 15.8. The van der Waals surface area contributed by atoms with Crippen LogP contribution < -0.4 is 5.32 Å². The minimum atomic E-state index is -1.04. The van der Waals surface area contributed by atoms with E-state index in [-0.39, 0.29) is 24.9 Å². The normalized spacial score (nSPS) is 33.6. The van der Waals surface area contributed by atoms with Crippen LogP contribution in [0.2, 0.25) is 0 Å². The predicted octanol–water partition coefficient (Wildman–Crippen LogP) is -0.271. The van der Waals surface area contributed by atoms with Gasteiger partial charge in [0.05, 0.1) is 23.6 Å². The first-order valence-corrected chi connectivity index (χ1v) is 7.19. The van der Waals surface area contributed by atoms with Crippen LogP contribution in [0.5, 0.6) is 0 Å². The van der Waals surface area contributed by atoms with Crippen LogP contribution in [-0.4, -0.2) is 57.1 Å². The molecule has 0 aromatic carbocycles. The number of carbonyl (C=O) groups excluding carboxylic acids is 2. The van der Waals surface area contributed by atoms with E-state index in [1.54, 1.807) is 18.7 Å². The molecule has 0 aromatic heterocycles. The summed E-state index contributed by atoms with van der Waals surface area (Å²) in [5, 5.41) is 21.9. The highest BCUT2D eigenvalue weighted by Crippen LogP contribution is 2.34. The average Bonchev–Trinajstić information content (AvgIpc) is 2.36. The molecule has 1 saturated heterocycles. The lowest BCUT2D eigenvalue weighted by atomic mass is 9.78. The Hall–Kier alpha value is -1.47. The molecular formula is C14H22N2O5. The Morgan fingerprint density at radius 1 is 1.33 bits per heavy atom. The second kappa shape index (κ2) is 5.38. The van der Waals surface area contributed by atoms with E-state index < -0.39 is 23.0 Å². The van der Waals surface area contributed by atoms with E-state index in [4.69, 9.17) is 5.11 Å². The van der Waals surface area contributed by atoms with E-state index in [0.29, 0.717) is 25.7 Å². The third-order valence-electron chi connectivity index (χ3n) is 4.68. The van der Waals surface area contributed by atoms with Crippen LogP contribution in [0.1, 0.15) is 39.5 Å². The molecule has 1 aliphatic carbocycles. The van der Waals surface area contributed by atoms with Gasteiger partial charge in [0, 0.05) is 6.54 Å². The van der Waals surface area contributed by atoms with Crippen molar-refractivity contribution in [3.05, 3.63) is 0 Å². The third kappa shape index (κ3) is 3.24. The van der Waals surface area contributed by atoms with Crippen molar-refractivity contribution in [1.82, 2.24) is 10.2 Å². The molecule has 2 rings (SSSR count). The van der Waals surface area contributed by atoms with Gasteiger partial charge in [-0.15, -0.1) is 0 Å². The Balaban J connectivity index is 2.05. The van der Waals surface area contributed by atoms with Gasteiger partial charge in [-0.2, -0.15) is 0 Å². The molecule has 118 valence electrons. The van der Waals surface area contributed by atoms with Crippen LogP contribution in [-0.2, 0) is 14.4 Å². The average molecular weight is 298 g/mol. The van der Waals surface area contributed by atoms with Gasteiger partial charge in [0.25, 0.3) is 0 Å². The highest BCUT2D eigenvalue weighted by Gasteiger charge is 2.45. The van der Waals surface area contributed by atoms with Crippen molar-refractivity contribution in [2.45, 2.75) is 50.7 Å². The Labute approximate surface area is 123 Å². The first-order valence-electron chi connectivity index (χ1n) is 7.19. The molecule has 2 fully saturated rings. The van der Waals surface area contributed by atoms with E-state index in [1.807, 2.05) is 0 Å². The molecule has 1 saturated carbocycles. The van der Waals surface area contributed by atoms with E-state index >= 15 is 0 Å². The number of nitrogens with zero attached hydrogens (tertiary/aromatic N) is 1. The maximum atomic E-state index is 11.9. The van der Waals surface area contributed by atoms with Crippen molar-refractivity contribution < 1.29 is 24.6 Å². The number of carboxylic acids is 1. The minimum absolute atomic E-state index is 0.0589. The van der Waals surface area contributed by atoms with Gasteiger partial charge in [-0.25, -0.2) is 0 Å². The maximum Gasteiger partial charge on any atom is 0.306 e. The topological polar surface area (TPSA) is 107 Å². The Morgan fingerprint density at radius 2 is 1.90 bits per heavy atom. The number of hydrogen-bond donors (Lipinski definition) is 3. The molecule has 1 heterocycles. The van der Waals surface area contributed by atoms with Gasteiger partial charge in [0.1, 0.15) is 0 Å². The number of piperazine rings is 1. The number of amides is 2.